The summed E-state index contributed by atoms with van der Waals surface area (Å²) in [7, 11) is 0. The van der Waals surface area contributed by atoms with Crippen molar-refractivity contribution < 1.29 is 14.8 Å². The number of rotatable bonds is 2. The van der Waals surface area contributed by atoms with Gasteiger partial charge in [-0.15, -0.1) is 0 Å². The Labute approximate surface area is 154 Å². The fourth-order valence-electron chi connectivity index (χ4n) is 2.17. The van der Waals surface area contributed by atoms with Gasteiger partial charge in [0.25, 0.3) is 0 Å². The van der Waals surface area contributed by atoms with E-state index in [4.69, 9.17) is 4.74 Å². The van der Waals surface area contributed by atoms with Crippen molar-refractivity contribution in [3.8, 4) is 0 Å². The van der Waals surface area contributed by atoms with Gasteiger partial charge in [0.2, 0.25) is 0 Å². The first-order valence-corrected chi connectivity index (χ1v) is 9.34. The van der Waals surface area contributed by atoms with E-state index in [1.54, 1.807) is 0 Å². The van der Waals surface area contributed by atoms with Gasteiger partial charge in [-0.3, -0.25) is 0 Å². The van der Waals surface area contributed by atoms with Crippen LogP contribution < -0.4 is 5.32 Å². The molecule has 104 valence electrons. The van der Waals surface area contributed by atoms with E-state index in [-0.39, 0.29) is 11.6 Å². The average Bonchev–Trinajstić information content (AvgIpc) is 2.34. The zero-order valence-electron chi connectivity index (χ0n) is 10.5. The van der Waals surface area contributed by atoms with Gasteiger partial charge in [-0.2, -0.15) is 0 Å². The van der Waals surface area contributed by atoms with Crippen LogP contribution in [0, 0.1) is 10.7 Å². The van der Waals surface area contributed by atoms with E-state index < -0.39 is 0 Å². The van der Waals surface area contributed by atoms with Crippen LogP contribution in [-0.2, 0) is 4.74 Å². The highest BCUT2D eigenvalue weighted by molar-refractivity contribution is 14.1. The van der Waals surface area contributed by atoms with Crippen LogP contribution in [0.2, 0.25) is 0 Å². The maximum absolute atomic E-state index is 12.4. The van der Waals surface area contributed by atoms with Gasteiger partial charge in [-0.05, 0) is 86.8 Å². The van der Waals surface area contributed by atoms with Gasteiger partial charge in [0, 0.05) is 23.6 Å². The highest BCUT2D eigenvalue weighted by Crippen LogP contribution is 2.27. The zero-order valence-corrected chi connectivity index (χ0v) is 17.0. The third-order valence-electron chi connectivity index (χ3n) is 3.31. The lowest BCUT2D eigenvalue weighted by molar-refractivity contribution is -0.667. The molecule has 1 saturated heterocycles. The van der Waals surface area contributed by atoms with Gasteiger partial charge >= 0.3 is 5.97 Å². The van der Waals surface area contributed by atoms with Crippen LogP contribution in [0.1, 0.15) is 30.1 Å². The molecular weight excluding hydrogens is 583 g/mol. The first kappa shape index (κ1) is 16.2. The highest BCUT2D eigenvalue weighted by atomic mass is 127. The first-order chi connectivity index (χ1) is 8.91. The molecule has 6 heteroatoms. The van der Waals surface area contributed by atoms with Gasteiger partial charge < -0.3 is 10.1 Å². The molecule has 1 aliphatic rings. The molecule has 0 bridgehead atoms. The van der Waals surface area contributed by atoms with E-state index in [0.717, 1.165) is 36.6 Å². The molecule has 1 fully saturated rings. The van der Waals surface area contributed by atoms with Gasteiger partial charge in [0.1, 0.15) is 5.60 Å². The molecule has 2 rings (SSSR count). The summed E-state index contributed by atoms with van der Waals surface area (Å²) < 4.78 is 8.93. The number of nitrogens with two attached hydrogens (primary N) is 1. The Bertz CT molecular complexity index is 499. The number of piperidine rings is 1. The van der Waals surface area contributed by atoms with Crippen molar-refractivity contribution in [1.29, 1.82) is 0 Å². The molecule has 1 heterocycles. The lowest BCUT2D eigenvalue weighted by Gasteiger charge is -2.31. The lowest BCUT2D eigenvalue weighted by atomic mass is 9.94. The van der Waals surface area contributed by atoms with E-state index in [1.807, 2.05) is 13.0 Å². The molecule has 0 aliphatic carbocycles. The molecule has 1 aromatic carbocycles. The Balaban J connectivity index is 2.20. The van der Waals surface area contributed by atoms with Gasteiger partial charge in [0.05, 0.1) is 18.7 Å². The van der Waals surface area contributed by atoms with Crippen molar-refractivity contribution in [2.75, 3.05) is 13.1 Å². The quantitative estimate of drug-likeness (QED) is 0.324. The monoisotopic (exact) mass is 598 g/mol. The van der Waals surface area contributed by atoms with Crippen LogP contribution in [0.25, 0.3) is 0 Å². The molecule has 0 unspecified atom stereocenters. The normalized spacial score (nSPS) is 18.1. The van der Waals surface area contributed by atoms with Crippen molar-refractivity contribution in [3.63, 3.8) is 0 Å². The van der Waals surface area contributed by atoms with E-state index in [2.05, 4.69) is 79.2 Å². The van der Waals surface area contributed by atoms with E-state index >= 15 is 0 Å². The fraction of sp³-hybridized carbons (Fsp3) is 0.462. The standard InChI is InChI=1S/C13H14I3NO2/c1-13(2-4-17-5-3-13)19-12(18)9-6-8(14)7-10(15)11(9)16/h6-7,17H,2-5H2,1H3/p+1. The minimum atomic E-state index is -0.304. The van der Waals surface area contributed by atoms with E-state index in [9.17, 15) is 4.79 Å². The van der Waals surface area contributed by atoms with E-state index in [0.29, 0.717) is 5.56 Å². The molecular formula is C13H15I3NO2+. The molecule has 0 radical (unpaired) electrons. The Kier molecular flexibility index (Phi) is 5.75. The van der Waals surface area contributed by atoms with Crippen molar-refractivity contribution in [2.24, 2.45) is 0 Å². The number of carbonyl (C=O) groups excluding carboxylic acids is 1. The van der Waals surface area contributed by atoms with Crippen LogP contribution in [0.3, 0.4) is 0 Å². The Morgan fingerprint density at radius 1 is 1.26 bits per heavy atom. The minimum absolute atomic E-state index is 0.190. The Morgan fingerprint density at radius 2 is 1.89 bits per heavy atom. The Morgan fingerprint density at radius 3 is 2.53 bits per heavy atom. The smallest absolute Gasteiger partial charge is 0.339 e. The molecule has 2 N–H and O–H groups in total. The predicted octanol–water partition coefficient (Wildman–Crippen LogP) is 2.77. The highest BCUT2D eigenvalue weighted by Gasteiger charge is 2.33. The summed E-state index contributed by atoms with van der Waals surface area (Å²) in [5.74, 6) is -0.190. The molecule has 19 heavy (non-hydrogen) atoms. The van der Waals surface area contributed by atoms with Crippen molar-refractivity contribution in [3.05, 3.63) is 28.4 Å². The van der Waals surface area contributed by atoms with Gasteiger partial charge in [-0.25, -0.2) is 4.79 Å². The number of hydrogen-bond donors (Lipinski definition) is 1. The average molecular weight is 598 g/mol. The number of quaternary nitrogens is 1. The largest absolute Gasteiger partial charge is 0.455 e. The second-order valence-corrected chi connectivity index (χ2v) is 8.44. The van der Waals surface area contributed by atoms with Crippen molar-refractivity contribution >= 4 is 73.7 Å². The fourth-order valence-corrected chi connectivity index (χ4v) is 4.55. The third-order valence-corrected chi connectivity index (χ3v) is 6.97. The predicted molar refractivity (Wildman–Crippen MR) is 99.3 cm³/mol. The molecule has 3 nitrogen and oxygen atoms in total. The molecule has 0 atom stereocenters. The van der Waals surface area contributed by atoms with Crippen LogP contribution in [-0.4, -0.2) is 24.7 Å². The number of ether oxygens (including phenoxy) is 1. The Hall–Kier alpha value is 0.840. The van der Waals surface area contributed by atoms with Crippen molar-refractivity contribution in [1.82, 2.24) is 0 Å². The second-order valence-electron chi connectivity index (χ2n) is 4.95. The summed E-state index contributed by atoms with van der Waals surface area (Å²) in [6.45, 7) is 4.11. The first-order valence-electron chi connectivity index (χ1n) is 6.11. The molecule has 0 saturated carbocycles. The molecule has 0 spiro atoms. The number of benzene rings is 1. The number of esters is 1. The summed E-state index contributed by atoms with van der Waals surface area (Å²) in [5, 5.41) is 2.27. The number of carbonyl (C=O) groups is 1. The number of halogens is 3. The number of hydrogen-bond acceptors (Lipinski definition) is 2. The topological polar surface area (TPSA) is 42.9 Å². The van der Waals surface area contributed by atoms with Crippen LogP contribution in [0.5, 0.6) is 0 Å². The summed E-state index contributed by atoms with van der Waals surface area (Å²) in [4.78, 5) is 12.4. The third kappa shape index (κ3) is 4.16. The molecule has 1 aromatic rings. The molecule has 0 aromatic heterocycles. The minimum Gasteiger partial charge on any atom is -0.455 e. The summed E-state index contributed by atoms with van der Waals surface area (Å²) in [6, 6.07) is 3.97. The maximum Gasteiger partial charge on any atom is 0.339 e. The van der Waals surface area contributed by atoms with E-state index in [1.165, 1.54) is 0 Å². The van der Waals surface area contributed by atoms with Crippen LogP contribution in [0.4, 0.5) is 0 Å². The van der Waals surface area contributed by atoms with Gasteiger partial charge in [0.15, 0.2) is 0 Å². The second kappa shape index (κ2) is 6.73. The summed E-state index contributed by atoms with van der Waals surface area (Å²) >= 11 is 6.71. The lowest BCUT2D eigenvalue weighted by Crippen LogP contribution is -2.87. The summed E-state index contributed by atoms with van der Waals surface area (Å²) in [6.07, 6.45) is 1.85. The zero-order chi connectivity index (χ0) is 14.0. The SMILES string of the molecule is CC1(OC(=O)c2cc(I)cc(I)c2I)CC[NH2+]CC1. The van der Waals surface area contributed by atoms with Crippen LogP contribution >= 0.6 is 67.8 Å². The summed E-state index contributed by atoms with van der Waals surface area (Å²) in [5.41, 5.74) is 0.384. The van der Waals surface area contributed by atoms with Crippen LogP contribution in [0.15, 0.2) is 12.1 Å². The molecule has 0 amide bonds. The van der Waals surface area contributed by atoms with Crippen molar-refractivity contribution in [2.45, 2.75) is 25.4 Å². The maximum atomic E-state index is 12.4. The van der Waals surface area contributed by atoms with Gasteiger partial charge in [-0.1, -0.05) is 0 Å². The molecule has 1 aliphatic heterocycles.